The van der Waals surface area contributed by atoms with Crippen LogP contribution < -0.4 is 30.6 Å². The van der Waals surface area contributed by atoms with Gasteiger partial charge in [0.25, 0.3) is 0 Å². The van der Waals surface area contributed by atoms with E-state index in [1.165, 1.54) is 52.7 Å². The van der Waals surface area contributed by atoms with Crippen molar-refractivity contribution in [2.24, 2.45) is 0 Å². The Hall–Kier alpha value is -4.73. The van der Waals surface area contributed by atoms with E-state index in [4.69, 9.17) is 23.0 Å². The standard InChI is InChI=1S/C27H25NO9/c1-14-11-20(30)24(27(32)37-14)17(16-6-8-22(33-2)26(35-4)25(16)34-3)13-23(31)28-15-5-7-21-18(12-15)19(29)9-10-36-21/h5-12,17,30H,13H2,1-4H3,(H,28,31). The predicted molar refractivity (Wildman–Crippen MR) is 135 cm³/mol. The second-order valence-corrected chi connectivity index (χ2v) is 8.17. The average Bonchev–Trinajstić information content (AvgIpc) is 2.87. The molecule has 1 unspecified atom stereocenters. The molecule has 0 radical (unpaired) electrons. The summed E-state index contributed by atoms with van der Waals surface area (Å²) in [6.07, 6.45) is 1.01. The van der Waals surface area contributed by atoms with Crippen molar-refractivity contribution in [2.45, 2.75) is 19.3 Å². The number of aromatic hydroxyl groups is 1. The number of nitrogens with one attached hydrogen (secondary N) is 1. The van der Waals surface area contributed by atoms with Crippen LogP contribution in [0.4, 0.5) is 5.69 Å². The number of ether oxygens (including phenoxy) is 3. The highest BCUT2D eigenvalue weighted by Gasteiger charge is 2.30. The summed E-state index contributed by atoms with van der Waals surface area (Å²) in [5, 5.41) is 13.8. The second-order valence-electron chi connectivity index (χ2n) is 8.17. The third-order valence-corrected chi connectivity index (χ3v) is 5.88. The fourth-order valence-corrected chi connectivity index (χ4v) is 4.25. The van der Waals surface area contributed by atoms with Crippen LogP contribution >= 0.6 is 0 Å². The Morgan fingerprint density at radius 2 is 1.76 bits per heavy atom. The summed E-state index contributed by atoms with van der Waals surface area (Å²) < 4.78 is 26.9. The summed E-state index contributed by atoms with van der Waals surface area (Å²) >= 11 is 0. The first-order valence-electron chi connectivity index (χ1n) is 11.2. The molecule has 37 heavy (non-hydrogen) atoms. The van der Waals surface area contributed by atoms with Crippen LogP contribution in [0.2, 0.25) is 0 Å². The smallest absolute Gasteiger partial charge is 0.343 e. The largest absolute Gasteiger partial charge is 0.507 e. The molecule has 10 heteroatoms. The van der Waals surface area contributed by atoms with Gasteiger partial charge in [-0.15, -0.1) is 0 Å². The Kier molecular flexibility index (Phi) is 7.19. The lowest BCUT2D eigenvalue weighted by Crippen LogP contribution is -2.21. The van der Waals surface area contributed by atoms with Gasteiger partial charge in [0.2, 0.25) is 11.7 Å². The van der Waals surface area contributed by atoms with Crippen LogP contribution in [0.25, 0.3) is 11.0 Å². The lowest BCUT2D eigenvalue weighted by molar-refractivity contribution is -0.116. The molecule has 2 heterocycles. The van der Waals surface area contributed by atoms with E-state index < -0.39 is 17.5 Å². The van der Waals surface area contributed by atoms with E-state index in [9.17, 15) is 19.5 Å². The van der Waals surface area contributed by atoms with Gasteiger partial charge in [-0.3, -0.25) is 9.59 Å². The summed E-state index contributed by atoms with van der Waals surface area (Å²) in [7, 11) is 4.31. The highest BCUT2D eigenvalue weighted by Crippen LogP contribution is 2.46. The zero-order valence-electron chi connectivity index (χ0n) is 20.6. The van der Waals surface area contributed by atoms with E-state index in [2.05, 4.69) is 5.32 Å². The van der Waals surface area contributed by atoms with Gasteiger partial charge >= 0.3 is 5.63 Å². The summed E-state index contributed by atoms with van der Waals surface area (Å²) in [6.45, 7) is 1.53. The van der Waals surface area contributed by atoms with Crippen molar-refractivity contribution in [3.8, 4) is 23.0 Å². The molecule has 0 spiro atoms. The molecule has 2 N–H and O–H groups in total. The SMILES string of the molecule is COc1ccc(C(CC(=O)Nc2ccc3occc(=O)c3c2)c2c(O)cc(C)oc2=O)c(OC)c1OC. The molecule has 1 amide bonds. The molecule has 0 aliphatic carbocycles. The molecule has 0 saturated carbocycles. The highest BCUT2D eigenvalue weighted by atomic mass is 16.5. The molecule has 2 aromatic heterocycles. The van der Waals surface area contributed by atoms with Crippen LogP contribution in [0.5, 0.6) is 23.0 Å². The van der Waals surface area contributed by atoms with Gasteiger partial charge in [0.15, 0.2) is 16.9 Å². The van der Waals surface area contributed by atoms with Crippen molar-refractivity contribution in [1.82, 2.24) is 0 Å². The van der Waals surface area contributed by atoms with Crippen LogP contribution in [0.1, 0.15) is 29.2 Å². The van der Waals surface area contributed by atoms with Crippen LogP contribution in [0.3, 0.4) is 0 Å². The van der Waals surface area contributed by atoms with Gasteiger partial charge in [-0.05, 0) is 31.2 Å². The van der Waals surface area contributed by atoms with Gasteiger partial charge < -0.3 is 33.5 Å². The van der Waals surface area contributed by atoms with E-state index in [0.717, 1.165) is 0 Å². The molecule has 10 nitrogen and oxygen atoms in total. The fraction of sp³-hybridized carbons (Fsp3) is 0.222. The first-order valence-corrected chi connectivity index (χ1v) is 11.2. The normalized spacial score (nSPS) is 11.7. The van der Waals surface area contributed by atoms with Crippen LogP contribution in [-0.4, -0.2) is 32.3 Å². The lowest BCUT2D eigenvalue weighted by atomic mass is 9.87. The number of amides is 1. The van der Waals surface area contributed by atoms with Gasteiger partial charge in [-0.25, -0.2) is 4.79 Å². The first kappa shape index (κ1) is 25.4. The molecule has 0 fully saturated rings. The molecular formula is C27H25NO9. The number of hydrogen-bond acceptors (Lipinski definition) is 9. The maximum Gasteiger partial charge on any atom is 0.343 e. The Balaban J connectivity index is 1.79. The van der Waals surface area contributed by atoms with Crippen molar-refractivity contribution in [2.75, 3.05) is 26.6 Å². The van der Waals surface area contributed by atoms with Crippen molar-refractivity contribution in [3.63, 3.8) is 0 Å². The number of anilines is 1. The number of fused-ring (bicyclic) bond motifs is 1. The molecule has 4 aromatic rings. The van der Waals surface area contributed by atoms with Gasteiger partial charge in [0.1, 0.15) is 17.1 Å². The predicted octanol–water partition coefficient (Wildman–Crippen LogP) is 3.95. The molecule has 4 rings (SSSR count). The second kappa shape index (κ2) is 10.5. The van der Waals surface area contributed by atoms with Gasteiger partial charge in [-0.2, -0.15) is 0 Å². The molecule has 0 aliphatic rings. The number of aryl methyl sites for hydroxylation is 1. The van der Waals surface area contributed by atoms with Crippen molar-refractivity contribution >= 4 is 22.6 Å². The number of carbonyl (C=O) groups excluding carboxylic acids is 1. The minimum absolute atomic E-state index is 0.120. The Morgan fingerprint density at radius 3 is 2.43 bits per heavy atom. The fourth-order valence-electron chi connectivity index (χ4n) is 4.25. The molecule has 192 valence electrons. The zero-order chi connectivity index (χ0) is 26.7. The minimum atomic E-state index is -0.989. The van der Waals surface area contributed by atoms with Crippen molar-refractivity contribution < 1.29 is 32.9 Å². The molecule has 0 saturated heterocycles. The zero-order valence-corrected chi connectivity index (χ0v) is 20.6. The number of hydrogen-bond donors (Lipinski definition) is 2. The Morgan fingerprint density at radius 1 is 1.00 bits per heavy atom. The summed E-state index contributed by atoms with van der Waals surface area (Å²) in [5.74, 6) is -0.748. The van der Waals surface area contributed by atoms with E-state index >= 15 is 0 Å². The lowest BCUT2D eigenvalue weighted by Gasteiger charge is -2.22. The highest BCUT2D eigenvalue weighted by molar-refractivity contribution is 5.94. The Labute approximate surface area is 211 Å². The van der Waals surface area contributed by atoms with Crippen LogP contribution in [-0.2, 0) is 4.79 Å². The summed E-state index contributed by atoms with van der Waals surface area (Å²) in [6, 6.07) is 10.5. The number of carbonyl (C=O) groups is 1. The van der Waals surface area contributed by atoms with E-state index in [-0.39, 0.29) is 40.4 Å². The van der Waals surface area contributed by atoms with Gasteiger partial charge in [0.05, 0.1) is 38.5 Å². The van der Waals surface area contributed by atoms with Gasteiger partial charge in [0, 0.05) is 35.7 Å². The number of rotatable bonds is 8. The molecule has 0 aliphatic heterocycles. The molecular weight excluding hydrogens is 482 g/mol. The quantitative estimate of drug-likeness (QED) is 0.363. The van der Waals surface area contributed by atoms with Crippen LogP contribution in [0, 0.1) is 6.92 Å². The third kappa shape index (κ3) is 4.99. The molecule has 2 aromatic carbocycles. The van der Waals surface area contributed by atoms with Gasteiger partial charge in [-0.1, -0.05) is 6.07 Å². The molecule has 1 atom stereocenters. The van der Waals surface area contributed by atoms with E-state index in [1.54, 1.807) is 24.3 Å². The summed E-state index contributed by atoms with van der Waals surface area (Å²) in [5.41, 5.74) is -0.0518. The third-order valence-electron chi connectivity index (χ3n) is 5.88. The van der Waals surface area contributed by atoms with Crippen LogP contribution in [0.15, 0.2) is 67.2 Å². The van der Waals surface area contributed by atoms with Crippen molar-refractivity contribution in [1.29, 1.82) is 0 Å². The maximum absolute atomic E-state index is 13.2. The number of benzene rings is 2. The van der Waals surface area contributed by atoms with Crippen molar-refractivity contribution in [3.05, 3.63) is 86.3 Å². The number of methoxy groups -OCH3 is 3. The summed E-state index contributed by atoms with van der Waals surface area (Å²) in [4.78, 5) is 38.3. The average molecular weight is 507 g/mol. The first-order chi connectivity index (χ1) is 17.8. The maximum atomic E-state index is 13.2. The topological polar surface area (TPSA) is 137 Å². The Bertz CT molecular complexity index is 1590. The monoisotopic (exact) mass is 507 g/mol. The molecule has 0 bridgehead atoms. The van der Waals surface area contributed by atoms with E-state index in [1.807, 2.05) is 0 Å². The minimum Gasteiger partial charge on any atom is -0.507 e. The van der Waals surface area contributed by atoms with E-state index in [0.29, 0.717) is 28.0 Å².